The van der Waals surface area contributed by atoms with Gasteiger partial charge in [0.15, 0.2) is 0 Å². The molecule has 3 rings (SSSR count). The molecule has 0 aromatic heterocycles. The first-order chi connectivity index (χ1) is 15.3. The quantitative estimate of drug-likeness (QED) is 0.510. The van der Waals surface area contributed by atoms with Gasteiger partial charge in [0.1, 0.15) is 0 Å². The fourth-order valence-electron chi connectivity index (χ4n) is 2.90. The molecule has 3 N–H and O–H groups in total. The molecule has 0 fully saturated rings. The standard InChI is InChI=1S/C23H24N4O4S/c1-27(2)32(30,31)21-11-7-6-8-18(21)16-24-22(28)17-12-14-20(15-13-17)26-23(29)25-19-9-4-3-5-10-19/h3-15H,16H2,1-2H3,(H,24,28)(H2,25,26,29). The minimum absolute atomic E-state index is 0.0571. The molecule has 0 bridgehead atoms. The summed E-state index contributed by atoms with van der Waals surface area (Å²) in [6.07, 6.45) is 0. The van der Waals surface area contributed by atoms with E-state index in [0.717, 1.165) is 4.31 Å². The molecule has 0 aliphatic carbocycles. The first kappa shape index (κ1) is 23.0. The van der Waals surface area contributed by atoms with E-state index in [1.807, 2.05) is 18.2 Å². The molecule has 3 aromatic carbocycles. The summed E-state index contributed by atoms with van der Waals surface area (Å²) in [5.74, 6) is -0.359. The molecule has 8 nitrogen and oxygen atoms in total. The number of anilines is 2. The van der Waals surface area contributed by atoms with Crippen LogP contribution in [0.15, 0.2) is 83.8 Å². The molecule has 0 radical (unpaired) electrons. The van der Waals surface area contributed by atoms with Gasteiger partial charge in [-0.2, -0.15) is 0 Å². The van der Waals surface area contributed by atoms with Crippen molar-refractivity contribution in [3.8, 4) is 0 Å². The summed E-state index contributed by atoms with van der Waals surface area (Å²) in [5, 5.41) is 8.14. The summed E-state index contributed by atoms with van der Waals surface area (Å²) in [6.45, 7) is 0.0571. The highest BCUT2D eigenvalue weighted by Gasteiger charge is 2.21. The molecular formula is C23H24N4O4S. The predicted molar refractivity (Wildman–Crippen MR) is 124 cm³/mol. The zero-order chi connectivity index (χ0) is 23.1. The van der Waals surface area contributed by atoms with Crippen LogP contribution in [-0.4, -0.2) is 38.8 Å². The number of carbonyl (C=O) groups excluding carboxylic acids is 2. The number of benzene rings is 3. The summed E-state index contributed by atoms with van der Waals surface area (Å²) in [6, 6.07) is 21.6. The van der Waals surface area contributed by atoms with Gasteiger partial charge in [-0.15, -0.1) is 0 Å². The Bertz CT molecular complexity index is 1190. The molecule has 32 heavy (non-hydrogen) atoms. The van der Waals surface area contributed by atoms with E-state index in [2.05, 4.69) is 16.0 Å². The molecule has 0 atom stereocenters. The summed E-state index contributed by atoms with van der Waals surface area (Å²) in [7, 11) is -0.707. The third-order valence-corrected chi connectivity index (χ3v) is 6.52. The van der Waals surface area contributed by atoms with Crippen LogP contribution in [0.4, 0.5) is 16.2 Å². The molecule has 9 heteroatoms. The number of nitrogens with one attached hydrogen (secondary N) is 3. The fourth-order valence-corrected chi connectivity index (χ4v) is 4.01. The molecule has 0 saturated heterocycles. The van der Waals surface area contributed by atoms with E-state index in [9.17, 15) is 18.0 Å². The highest BCUT2D eigenvalue weighted by Crippen LogP contribution is 2.18. The summed E-state index contributed by atoms with van der Waals surface area (Å²) in [4.78, 5) is 24.7. The molecule has 3 aromatic rings. The Hall–Kier alpha value is -3.69. The highest BCUT2D eigenvalue weighted by molar-refractivity contribution is 7.89. The van der Waals surface area contributed by atoms with E-state index < -0.39 is 16.1 Å². The van der Waals surface area contributed by atoms with Crippen molar-refractivity contribution < 1.29 is 18.0 Å². The van der Waals surface area contributed by atoms with Crippen LogP contribution in [0, 0.1) is 0 Å². The summed E-state index contributed by atoms with van der Waals surface area (Å²) >= 11 is 0. The van der Waals surface area contributed by atoms with Crippen LogP contribution in [-0.2, 0) is 16.6 Å². The Morgan fingerprint density at radius 3 is 1.97 bits per heavy atom. The van der Waals surface area contributed by atoms with Gasteiger partial charge < -0.3 is 16.0 Å². The van der Waals surface area contributed by atoms with E-state index >= 15 is 0 Å². The maximum absolute atomic E-state index is 12.5. The van der Waals surface area contributed by atoms with Crippen molar-refractivity contribution in [2.75, 3.05) is 24.7 Å². The topological polar surface area (TPSA) is 108 Å². The third kappa shape index (κ3) is 5.71. The van der Waals surface area contributed by atoms with Crippen LogP contribution < -0.4 is 16.0 Å². The normalized spacial score (nSPS) is 11.1. The van der Waals surface area contributed by atoms with Crippen molar-refractivity contribution in [2.45, 2.75) is 11.4 Å². The predicted octanol–water partition coefficient (Wildman–Crippen LogP) is 3.51. The van der Waals surface area contributed by atoms with Gasteiger partial charge in [-0.1, -0.05) is 36.4 Å². The van der Waals surface area contributed by atoms with Gasteiger partial charge in [0.05, 0.1) is 4.90 Å². The number of carbonyl (C=O) groups is 2. The van der Waals surface area contributed by atoms with E-state index in [-0.39, 0.29) is 17.3 Å². The van der Waals surface area contributed by atoms with Crippen molar-refractivity contribution >= 4 is 33.3 Å². The lowest BCUT2D eigenvalue weighted by Gasteiger charge is -2.15. The zero-order valence-corrected chi connectivity index (χ0v) is 18.5. The summed E-state index contributed by atoms with van der Waals surface area (Å²) < 4.78 is 26.1. The molecular weight excluding hydrogens is 428 g/mol. The molecule has 0 unspecified atom stereocenters. The lowest BCUT2D eigenvalue weighted by atomic mass is 10.1. The van der Waals surface area contributed by atoms with Crippen LogP contribution in [0.2, 0.25) is 0 Å². The molecule has 0 heterocycles. The van der Waals surface area contributed by atoms with Gasteiger partial charge in [0, 0.05) is 37.6 Å². The van der Waals surface area contributed by atoms with Gasteiger partial charge in [-0.05, 0) is 48.0 Å². The number of nitrogens with zero attached hydrogens (tertiary/aromatic N) is 1. The Labute approximate surface area is 187 Å². The lowest BCUT2D eigenvalue weighted by molar-refractivity contribution is 0.0950. The number of rotatable bonds is 7. The van der Waals surface area contributed by atoms with Crippen LogP contribution >= 0.6 is 0 Å². The Balaban J connectivity index is 1.61. The van der Waals surface area contributed by atoms with Crippen molar-refractivity contribution in [2.24, 2.45) is 0 Å². The number of sulfonamides is 1. The molecule has 0 saturated carbocycles. The second-order valence-electron chi connectivity index (χ2n) is 7.10. The third-order valence-electron chi connectivity index (χ3n) is 4.61. The first-order valence-electron chi connectivity index (χ1n) is 9.79. The van der Waals surface area contributed by atoms with Crippen molar-refractivity contribution in [1.82, 2.24) is 9.62 Å². The number of para-hydroxylation sites is 1. The van der Waals surface area contributed by atoms with Crippen LogP contribution in [0.3, 0.4) is 0 Å². The lowest BCUT2D eigenvalue weighted by Crippen LogP contribution is -2.27. The maximum atomic E-state index is 12.5. The SMILES string of the molecule is CN(C)S(=O)(=O)c1ccccc1CNC(=O)c1ccc(NC(=O)Nc2ccccc2)cc1. The second kappa shape index (κ2) is 10.1. The molecule has 0 aliphatic heterocycles. The number of hydrogen-bond acceptors (Lipinski definition) is 4. The zero-order valence-electron chi connectivity index (χ0n) is 17.7. The van der Waals surface area contributed by atoms with E-state index in [0.29, 0.717) is 22.5 Å². The average molecular weight is 453 g/mol. The number of hydrogen-bond donors (Lipinski definition) is 3. The Morgan fingerprint density at radius 2 is 1.34 bits per heavy atom. The van der Waals surface area contributed by atoms with Gasteiger partial charge >= 0.3 is 6.03 Å². The van der Waals surface area contributed by atoms with Gasteiger partial charge in [0.2, 0.25) is 10.0 Å². The van der Waals surface area contributed by atoms with E-state index in [1.54, 1.807) is 54.6 Å². The van der Waals surface area contributed by atoms with Gasteiger partial charge in [0.25, 0.3) is 5.91 Å². The molecule has 3 amide bonds. The van der Waals surface area contributed by atoms with Crippen molar-refractivity contribution in [3.63, 3.8) is 0 Å². The molecule has 0 spiro atoms. The van der Waals surface area contributed by atoms with Gasteiger partial charge in [-0.3, -0.25) is 4.79 Å². The maximum Gasteiger partial charge on any atom is 0.323 e. The fraction of sp³-hybridized carbons (Fsp3) is 0.130. The minimum atomic E-state index is -3.62. The Kier molecular flexibility index (Phi) is 7.24. The monoisotopic (exact) mass is 452 g/mol. The summed E-state index contributed by atoms with van der Waals surface area (Å²) in [5.41, 5.74) is 2.06. The van der Waals surface area contributed by atoms with E-state index in [4.69, 9.17) is 0 Å². The van der Waals surface area contributed by atoms with Crippen LogP contribution in [0.25, 0.3) is 0 Å². The van der Waals surface area contributed by atoms with Gasteiger partial charge in [-0.25, -0.2) is 17.5 Å². The largest absolute Gasteiger partial charge is 0.348 e. The van der Waals surface area contributed by atoms with Crippen LogP contribution in [0.5, 0.6) is 0 Å². The second-order valence-corrected chi connectivity index (χ2v) is 9.22. The number of urea groups is 1. The van der Waals surface area contributed by atoms with Crippen LogP contribution in [0.1, 0.15) is 15.9 Å². The average Bonchev–Trinajstić information content (AvgIpc) is 2.78. The molecule has 0 aliphatic rings. The van der Waals surface area contributed by atoms with E-state index in [1.165, 1.54) is 20.2 Å². The molecule has 166 valence electrons. The van der Waals surface area contributed by atoms with Crippen molar-refractivity contribution in [1.29, 1.82) is 0 Å². The minimum Gasteiger partial charge on any atom is -0.348 e. The Morgan fingerprint density at radius 1 is 0.781 bits per heavy atom. The smallest absolute Gasteiger partial charge is 0.323 e. The highest BCUT2D eigenvalue weighted by atomic mass is 32.2. The number of amides is 3. The van der Waals surface area contributed by atoms with Crippen molar-refractivity contribution in [3.05, 3.63) is 90.0 Å². The first-order valence-corrected chi connectivity index (χ1v) is 11.2.